The zero-order valence-corrected chi connectivity index (χ0v) is 13.0. The highest BCUT2D eigenvalue weighted by atomic mass is 79.9. The van der Waals surface area contributed by atoms with Gasteiger partial charge in [-0.05, 0) is 40.9 Å². The van der Waals surface area contributed by atoms with Crippen molar-refractivity contribution in [1.29, 1.82) is 0 Å². The molecule has 0 radical (unpaired) electrons. The Bertz CT molecular complexity index is 719. The fraction of sp³-hybridized carbons (Fsp3) is 0.357. The molecule has 1 fully saturated rings. The highest BCUT2D eigenvalue weighted by molar-refractivity contribution is 9.10. The maximum absolute atomic E-state index is 12.7. The van der Waals surface area contributed by atoms with Crippen LogP contribution in [-0.4, -0.2) is 35.4 Å². The molecule has 0 aromatic heterocycles. The molecule has 1 amide bonds. The Kier molecular flexibility index (Phi) is 3.83. The number of hydrogen-bond donors (Lipinski definition) is 1. The van der Waals surface area contributed by atoms with Gasteiger partial charge < -0.3 is 14.7 Å². The summed E-state index contributed by atoms with van der Waals surface area (Å²) in [4.78, 5) is 37.1. The third-order valence-electron chi connectivity index (χ3n) is 3.70. The molecule has 1 saturated carbocycles. The number of carbonyl (C=O) groups is 3. The quantitative estimate of drug-likeness (QED) is 0.799. The number of carboxylic acids is 1. The van der Waals surface area contributed by atoms with Gasteiger partial charge >= 0.3 is 12.6 Å². The number of carboxylic acid groups (broad SMARTS) is 1. The molecule has 6 nitrogen and oxygen atoms in total. The van der Waals surface area contributed by atoms with E-state index in [-0.39, 0.29) is 27.5 Å². The number of aliphatic carboxylic acids is 1. The third kappa shape index (κ3) is 2.58. The van der Waals surface area contributed by atoms with E-state index in [1.807, 2.05) is 0 Å². The van der Waals surface area contributed by atoms with Crippen LogP contribution in [0.2, 0.25) is 0 Å². The molecule has 0 saturated heterocycles. The number of carbonyl (C=O) groups excluding carboxylic acids is 2. The minimum Gasteiger partial charge on any atom is -0.480 e. The van der Waals surface area contributed by atoms with E-state index in [9.17, 15) is 23.2 Å². The van der Waals surface area contributed by atoms with Crippen molar-refractivity contribution >= 4 is 39.3 Å². The third-order valence-corrected chi connectivity index (χ3v) is 4.33. The number of alkyl halides is 2. The minimum atomic E-state index is -3.15. The van der Waals surface area contributed by atoms with Crippen LogP contribution in [0.25, 0.3) is 0 Å². The van der Waals surface area contributed by atoms with Crippen molar-refractivity contribution in [2.24, 2.45) is 5.92 Å². The second kappa shape index (κ2) is 5.55. The van der Waals surface area contributed by atoms with Gasteiger partial charge in [0.1, 0.15) is 0 Å². The SMILES string of the molecule is O=C(O)C1C(=O)c2ccc(Br)c(OC(F)F)c2N(C2CC2)C1=O. The summed E-state index contributed by atoms with van der Waals surface area (Å²) in [5.41, 5.74) is -0.197. The number of rotatable bonds is 4. The van der Waals surface area contributed by atoms with Crippen molar-refractivity contribution < 1.29 is 33.0 Å². The molecular weight excluding hydrogens is 380 g/mol. The Morgan fingerprint density at radius 2 is 2.00 bits per heavy atom. The van der Waals surface area contributed by atoms with Crippen LogP contribution >= 0.6 is 15.9 Å². The van der Waals surface area contributed by atoms with Gasteiger partial charge in [0, 0.05) is 11.6 Å². The van der Waals surface area contributed by atoms with Gasteiger partial charge in [-0.1, -0.05) is 0 Å². The van der Waals surface area contributed by atoms with Gasteiger partial charge in [0.15, 0.2) is 17.5 Å². The highest BCUT2D eigenvalue weighted by Crippen LogP contribution is 2.47. The molecule has 1 heterocycles. The zero-order chi connectivity index (χ0) is 16.9. The van der Waals surface area contributed by atoms with Crippen LogP contribution in [-0.2, 0) is 9.59 Å². The number of anilines is 1. The summed E-state index contributed by atoms with van der Waals surface area (Å²) in [6.07, 6.45) is 1.21. The van der Waals surface area contributed by atoms with Gasteiger partial charge in [0.05, 0.1) is 10.2 Å². The second-order valence-electron chi connectivity index (χ2n) is 5.23. The largest absolute Gasteiger partial charge is 0.480 e. The smallest absolute Gasteiger partial charge is 0.387 e. The summed E-state index contributed by atoms with van der Waals surface area (Å²) in [7, 11) is 0. The Morgan fingerprint density at radius 3 is 2.52 bits per heavy atom. The van der Waals surface area contributed by atoms with Gasteiger partial charge in [0.25, 0.3) is 0 Å². The van der Waals surface area contributed by atoms with Gasteiger partial charge in [-0.25, -0.2) is 0 Å². The summed E-state index contributed by atoms with van der Waals surface area (Å²) in [6, 6.07) is 2.30. The number of halogens is 3. The molecule has 9 heteroatoms. The summed E-state index contributed by atoms with van der Waals surface area (Å²) in [6.45, 7) is -3.15. The molecule has 122 valence electrons. The van der Waals surface area contributed by atoms with E-state index in [0.717, 1.165) is 4.90 Å². The molecular formula is C14H10BrF2NO5. The number of Topliss-reactive ketones (excluding diaryl/α,β-unsaturated/α-hetero) is 1. The molecule has 1 aromatic rings. The lowest BCUT2D eigenvalue weighted by atomic mass is 9.89. The van der Waals surface area contributed by atoms with Crippen LogP contribution < -0.4 is 9.64 Å². The first kappa shape index (κ1) is 15.9. The van der Waals surface area contributed by atoms with Crippen molar-refractivity contribution in [2.45, 2.75) is 25.5 Å². The molecule has 1 aliphatic heterocycles. The standard InChI is InChI=1S/C14H10BrF2NO5/c15-7-4-3-6-9(11(7)23-14(16)17)18(5-1-2-5)12(20)8(10(6)19)13(21)22/h3-5,8,14H,1-2H2,(H,21,22). The van der Waals surface area contributed by atoms with Crippen molar-refractivity contribution in [3.05, 3.63) is 22.2 Å². The lowest BCUT2D eigenvalue weighted by Gasteiger charge is -2.33. The molecule has 1 atom stereocenters. The van der Waals surface area contributed by atoms with Crippen molar-refractivity contribution in [2.75, 3.05) is 4.90 Å². The Balaban J connectivity index is 2.22. The Hall–Kier alpha value is -2.03. The predicted molar refractivity (Wildman–Crippen MR) is 76.7 cm³/mol. The zero-order valence-electron chi connectivity index (χ0n) is 11.5. The molecule has 1 aromatic carbocycles. The molecule has 1 aliphatic carbocycles. The predicted octanol–water partition coefficient (Wildman–Crippen LogP) is 2.44. The average Bonchev–Trinajstić information content (AvgIpc) is 3.26. The van der Waals surface area contributed by atoms with E-state index < -0.39 is 30.2 Å². The molecule has 2 aliphatic rings. The normalized spacial score (nSPS) is 20.7. The number of fused-ring (bicyclic) bond motifs is 1. The molecule has 3 rings (SSSR count). The van der Waals surface area contributed by atoms with E-state index in [2.05, 4.69) is 20.7 Å². The van der Waals surface area contributed by atoms with Crippen LogP contribution in [0.15, 0.2) is 16.6 Å². The van der Waals surface area contributed by atoms with Gasteiger partial charge in [-0.15, -0.1) is 0 Å². The van der Waals surface area contributed by atoms with Crippen LogP contribution in [0.3, 0.4) is 0 Å². The van der Waals surface area contributed by atoms with Gasteiger partial charge in [0.2, 0.25) is 5.91 Å². The maximum atomic E-state index is 12.7. The fourth-order valence-electron chi connectivity index (χ4n) is 2.62. The lowest BCUT2D eigenvalue weighted by molar-refractivity contribution is -0.144. The summed E-state index contributed by atoms with van der Waals surface area (Å²) in [5, 5.41) is 9.17. The first-order valence-electron chi connectivity index (χ1n) is 6.70. The highest BCUT2D eigenvalue weighted by Gasteiger charge is 2.50. The van der Waals surface area contributed by atoms with Crippen LogP contribution in [0.1, 0.15) is 23.2 Å². The summed E-state index contributed by atoms with van der Waals surface area (Å²) in [5.74, 6) is -5.61. The monoisotopic (exact) mass is 389 g/mol. The van der Waals surface area contributed by atoms with E-state index in [4.69, 9.17) is 5.11 Å². The number of benzene rings is 1. The fourth-order valence-corrected chi connectivity index (χ4v) is 3.03. The Labute approximate surface area is 137 Å². The van der Waals surface area contributed by atoms with Crippen LogP contribution in [0, 0.1) is 5.92 Å². The van der Waals surface area contributed by atoms with E-state index in [0.29, 0.717) is 12.8 Å². The second-order valence-corrected chi connectivity index (χ2v) is 6.08. The van der Waals surface area contributed by atoms with Crippen LogP contribution in [0.4, 0.5) is 14.5 Å². The van der Waals surface area contributed by atoms with Crippen molar-refractivity contribution in [3.8, 4) is 5.75 Å². The number of ether oxygens (including phenoxy) is 1. The van der Waals surface area contributed by atoms with E-state index >= 15 is 0 Å². The summed E-state index contributed by atoms with van der Waals surface area (Å²) >= 11 is 3.06. The van der Waals surface area contributed by atoms with Crippen molar-refractivity contribution in [3.63, 3.8) is 0 Å². The van der Waals surface area contributed by atoms with Crippen LogP contribution in [0.5, 0.6) is 5.75 Å². The molecule has 0 bridgehead atoms. The average molecular weight is 390 g/mol. The molecule has 1 N–H and O–H groups in total. The van der Waals surface area contributed by atoms with Crippen molar-refractivity contribution in [1.82, 2.24) is 0 Å². The minimum absolute atomic E-state index is 0.0883. The van der Waals surface area contributed by atoms with E-state index in [1.165, 1.54) is 12.1 Å². The van der Waals surface area contributed by atoms with Gasteiger partial charge in [-0.2, -0.15) is 8.78 Å². The summed E-state index contributed by atoms with van der Waals surface area (Å²) < 4.78 is 30.0. The first-order valence-corrected chi connectivity index (χ1v) is 7.49. The lowest BCUT2D eigenvalue weighted by Crippen LogP contribution is -2.49. The number of hydrogen-bond acceptors (Lipinski definition) is 4. The maximum Gasteiger partial charge on any atom is 0.387 e. The van der Waals surface area contributed by atoms with Gasteiger partial charge in [-0.3, -0.25) is 14.4 Å². The molecule has 23 heavy (non-hydrogen) atoms. The first-order chi connectivity index (χ1) is 10.8. The Morgan fingerprint density at radius 1 is 1.35 bits per heavy atom. The number of ketones is 1. The molecule has 1 unspecified atom stereocenters. The number of amides is 1. The number of nitrogens with zero attached hydrogens (tertiary/aromatic N) is 1. The van der Waals surface area contributed by atoms with E-state index in [1.54, 1.807) is 0 Å². The molecule has 0 spiro atoms. The topological polar surface area (TPSA) is 83.9 Å².